The summed E-state index contributed by atoms with van der Waals surface area (Å²) in [5, 5.41) is 14.9. The molecule has 0 spiro atoms. The van der Waals surface area contributed by atoms with Crippen molar-refractivity contribution in [3.63, 3.8) is 0 Å². The van der Waals surface area contributed by atoms with Crippen LogP contribution in [0.1, 0.15) is 16.7 Å². The van der Waals surface area contributed by atoms with Gasteiger partial charge in [0.15, 0.2) is 5.75 Å². The number of amides is 1. The second-order valence-electron chi connectivity index (χ2n) is 7.77. The molecule has 4 rings (SSSR count). The van der Waals surface area contributed by atoms with Crippen LogP contribution in [0.25, 0.3) is 16.8 Å². The Morgan fingerprint density at radius 1 is 1.06 bits per heavy atom. The van der Waals surface area contributed by atoms with Crippen LogP contribution < -0.4 is 10.1 Å². The van der Waals surface area contributed by atoms with Crippen molar-refractivity contribution in [1.29, 1.82) is 5.26 Å². The summed E-state index contributed by atoms with van der Waals surface area (Å²) < 4.78 is 6.61. The van der Waals surface area contributed by atoms with Crippen molar-refractivity contribution in [3.8, 4) is 11.8 Å². The van der Waals surface area contributed by atoms with Crippen LogP contribution in [0.5, 0.6) is 5.75 Å². The number of nitrogens with one attached hydrogen (secondary N) is 1. The molecule has 0 aromatic heterocycles. The number of carbonyl (C=O) groups is 1. The Morgan fingerprint density at radius 2 is 1.79 bits per heavy atom. The van der Waals surface area contributed by atoms with E-state index in [1.807, 2.05) is 43.3 Å². The van der Waals surface area contributed by atoms with E-state index in [1.165, 1.54) is 11.5 Å². The van der Waals surface area contributed by atoms with Crippen LogP contribution in [-0.4, -0.2) is 5.91 Å². The lowest BCUT2D eigenvalue weighted by atomic mass is 10.1. The van der Waals surface area contributed by atoms with Crippen molar-refractivity contribution in [3.05, 3.63) is 111 Å². The molecule has 0 saturated carbocycles. The molecule has 4 nitrogen and oxygen atoms in total. The number of nitriles is 1. The largest absolute Gasteiger partial charge is 0.486 e. The molecule has 6 heteroatoms. The summed E-state index contributed by atoms with van der Waals surface area (Å²) in [6, 6.07) is 27.0. The number of fused-ring (bicyclic) bond motifs is 1. The highest BCUT2D eigenvalue weighted by Gasteiger charge is 2.13. The number of benzene rings is 4. The van der Waals surface area contributed by atoms with E-state index in [0.29, 0.717) is 33.1 Å². The molecule has 0 fully saturated rings. The molecule has 168 valence electrons. The maximum Gasteiger partial charge on any atom is 0.266 e. The van der Waals surface area contributed by atoms with Crippen LogP contribution in [0.15, 0.2) is 88.9 Å². The van der Waals surface area contributed by atoms with Crippen molar-refractivity contribution >= 4 is 56.0 Å². The van der Waals surface area contributed by atoms with Gasteiger partial charge in [0.25, 0.3) is 5.91 Å². The minimum Gasteiger partial charge on any atom is -0.486 e. The summed E-state index contributed by atoms with van der Waals surface area (Å²) in [5.74, 6) is 0.00446. The first-order chi connectivity index (χ1) is 16.4. The zero-order valence-electron chi connectivity index (χ0n) is 18.3. The Bertz CT molecular complexity index is 1420. The highest BCUT2D eigenvalue weighted by atomic mass is 79.9. The summed E-state index contributed by atoms with van der Waals surface area (Å²) in [4.78, 5) is 12.6. The molecular formula is C28H20BrClN2O2. The number of hydrogen-bond donors (Lipinski definition) is 1. The summed E-state index contributed by atoms with van der Waals surface area (Å²) >= 11 is 9.98. The van der Waals surface area contributed by atoms with E-state index in [-0.39, 0.29) is 5.57 Å². The van der Waals surface area contributed by atoms with Gasteiger partial charge >= 0.3 is 0 Å². The fraction of sp³-hybridized carbons (Fsp3) is 0.0714. The van der Waals surface area contributed by atoms with E-state index in [1.54, 1.807) is 24.3 Å². The van der Waals surface area contributed by atoms with Crippen LogP contribution in [0.4, 0.5) is 5.69 Å². The van der Waals surface area contributed by atoms with E-state index in [4.69, 9.17) is 16.3 Å². The number of aryl methyl sites for hydroxylation is 1. The van der Waals surface area contributed by atoms with Gasteiger partial charge in [-0.1, -0.05) is 65.7 Å². The molecule has 4 aromatic carbocycles. The van der Waals surface area contributed by atoms with Crippen molar-refractivity contribution in [2.45, 2.75) is 13.5 Å². The van der Waals surface area contributed by atoms with Gasteiger partial charge in [-0.2, -0.15) is 5.26 Å². The fourth-order valence-electron chi connectivity index (χ4n) is 3.44. The third-order valence-electron chi connectivity index (χ3n) is 5.20. The van der Waals surface area contributed by atoms with Crippen LogP contribution in [0.3, 0.4) is 0 Å². The number of rotatable bonds is 6. The Hall–Kier alpha value is -3.59. The second kappa shape index (κ2) is 10.6. The van der Waals surface area contributed by atoms with E-state index in [9.17, 15) is 10.1 Å². The second-order valence-corrected chi connectivity index (χ2v) is 9.04. The van der Waals surface area contributed by atoms with E-state index in [0.717, 1.165) is 16.5 Å². The first-order valence-corrected chi connectivity index (χ1v) is 11.7. The molecule has 34 heavy (non-hydrogen) atoms. The number of halogens is 2. The Balaban J connectivity index is 1.50. The van der Waals surface area contributed by atoms with Gasteiger partial charge in [-0.05, 0) is 81.2 Å². The first-order valence-electron chi connectivity index (χ1n) is 10.5. The molecule has 0 unspecified atom stereocenters. The van der Waals surface area contributed by atoms with Crippen molar-refractivity contribution in [2.75, 3.05) is 5.32 Å². The lowest BCUT2D eigenvalue weighted by Gasteiger charge is -2.12. The summed E-state index contributed by atoms with van der Waals surface area (Å²) in [6.45, 7) is 2.31. The molecule has 0 heterocycles. The first kappa shape index (κ1) is 23.6. The average Bonchev–Trinajstić information content (AvgIpc) is 2.83. The molecule has 1 amide bonds. The Morgan fingerprint density at radius 3 is 2.50 bits per heavy atom. The quantitative estimate of drug-likeness (QED) is 0.205. The van der Waals surface area contributed by atoms with Gasteiger partial charge in [-0.3, -0.25) is 4.79 Å². The smallest absolute Gasteiger partial charge is 0.266 e. The molecule has 4 aromatic rings. The Kier molecular flexibility index (Phi) is 7.32. The van der Waals surface area contributed by atoms with Crippen LogP contribution >= 0.6 is 27.5 Å². The minimum absolute atomic E-state index is 0.0339. The predicted octanol–water partition coefficient (Wildman–Crippen LogP) is 7.69. The van der Waals surface area contributed by atoms with Gasteiger partial charge in [0.05, 0.1) is 9.50 Å². The third-order valence-corrected chi connectivity index (χ3v) is 6.07. The van der Waals surface area contributed by atoms with Crippen LogP contribution in [0.2, 0.25) is 5.02 Å². The molecule has 0 aliphatic heterocycles. The Labute approximate surface area is 211 Å². The highest BCUT2D eigenvalue weighted by molar-refractivity contribution is 9.10. The van der Waals surface area contributed by atoms with Crippen molar-refractivity contribution in [2.24, 2.45) is 0 Å². The van der Waals surface area contributed by atoms with Crippen LogP contribution in [-0.2, 0) is 11.4 Å². The molecule has 0 atom stereocenters. The maximum absolute atomic E-state index is 12.6. The summed E-state index contributed by atoms with van der Waals surface area (Å²) in [5.41, 5.74) is 3.29. The van der Waals surface area contributed by atoms with E-state index < -0.39 is 5.91 Å². The molecule has 0 aliphatic carbocycles. The number of ether oxygens (including phenoxy) is 1. The van der Waals surface area contributed by atoms with Crippen molar-refractivity contribution in [1.82, 2.24) is 0 Å². The normalized spacial score (nSPS) is 11.2. The van der Waals surface area contributed by atoms with Gasteiger partial charge in [-0.25, -0.2) is 0 Å². The van der Waals surface area contributed by atoms with Crippen LogP contribution in [0, 0.1) is 18.3 Å². The van der Waals surface area contributed by atoms with Crippen molar-refractivity contribution < 1.29 is 9.53 Å². The van der Waals surface area contributed by atoms with E-state index in [2.05, 4.69) is 45.5 Å². The number of carbonyl (C=O) groups excluding carboxylic acids is 1. The molecule has 1 N–H and O–H groups in total. The number of hydrogen-bond acceptors (Lipinski definition) is 3. The lowest BCUT2D eigenvalue weighted by molar-refractivity contribution is -0.112. The maximum atomic E-state index is 12.6. The SMILES string of the molecule is Cc1ccc(NC(=O)/C(C#N)=C\c2cc(Cl)c(OCc3ccc4ccccc4c3)c(Br)c2)cc1. The standard InChI is InChI=1S/C28H20BrClN2O2/c1-18-6-10-24(11-7-18)32-28(33)23(16-31)13-20-14-25(29)27(26(30)15-20)34-17-19-8-9-21-4-2-3-5-22(21)12-19/h2-15H,17H2,1H3,(H,32,33)/b23-13-. The van der Waals surface area contributed by atoms with Gasteiger partial charge in [0, 0.05) is 5.69 Å². The minimum atomic E-state index is -0.491. The summed E-state index contributed by atoms with van der Waals surface area (Å²) in [6.07, 6.45) is 1.49. The highest BCUT2D eigenvalue weighted by Crippen LogP contribution is 2.36. The molecule has 0 bridgehead atoms. The molecule has 0 saturated heterocycles. The number of nitrogens with zero attached hydrogens (tertiary/aromatic N) is 1. The lowest BCUT2D eigenvalue weighted by Crippen LogP contribution is -2.13. The molecular weight excluding hydrogens is 512 g/mol. The fourth-order valence-corrected chi connectivity index (χ4v) is 4.42. The van der Waals surface area contributed by atoms with Gasteiger partial charge in [0.1, 0.15) is 18.2 Å². The van der Waals surface area contributed by atoms with E-state index >= 15 is 0 Å². The zero-order valence-corrected chi connectivity index (χ0v) is 20.7. The topological polar surface area (TPSA) is 62.1 Å². The van der Waals surface area contributed by atoms with Gasteiger partial charge < -0.3 is 10.1 Å². The molecule has 0 aliphatic rings. The summed E-state index contributed by atoms with van der Waals surface area (Å²) in [7, 11) is 0. The molecule has 0 radical (unpaired) electrons. The number of anilines is 1. The predicted molar refractivity (Wildman–Crippen MR) is 141 cm³/mol. The van der Waals surface area contributed by atoms with Gasteiger partial charge in [0.2, 0.25) is 0 Å². The zero-order chi connectivity index (χ0) is 24.1. The third kappa shape index (κ3) is 5.66. The van der Waals surface area contributed by atoms with Gasteiger partial charge in [-0.15, -0.1) is 0 Å². The monoisotopic (exact) mass is 530 g/mol. The average molecular weight is 532 g/mol.